The molecule has 0 unspecified atom stereocenters. The number of fused-ring (bicyclic) bond motifs is 1. The van der Waals surface area contributed by atoms with E-state index in [1.807, 2.05) is 21.9 Å². The Morgan fingerprint density at radius 2 is 2.00 bits per heavy atom. The first-order valence-corrected chi connectivity index (χ1v) is 14.0. The van der Waals surface area contributed by atoms with Gasteiger partial charge in [0.05, 0.1) is 24.3 Å². The van der Waals surface area contributed by atoms with Crippen LogP contribution in [0, 0.1) is 6.92 Å². The number of anilines is 1. The van der Waals surface area contributed by atoms with Gasteiger partial charge in [0.15, 0.2) is 0 Å². The topological polar surface area (TPSA) is 86.2 Å². The van der Waals surface area contributed by atoms with E-state index in [-0.39, 0.29) is 11.8 Å². The summed E-state index contributed by atoms with van der Waals surface area (Å²) in [6.45, 7) is 5.67. The third kappa shape index (κ3) is 6.17. The number of hydrogen-bond donors (Lipinski definition) is 1. The quantitative estimate of drug-likeness (QED) is 0.447. The zero-order valence-corrected chi connectivity index (χ0v) is 22.9. The second-order valence-electron chi connectivity index (χ2n) is 10.7. The Morgan fingerprint density at radius 3 is 2.77 bits per heavy atom. The molecule has 2 aliphatic heterocycles. The van der Waals surface area contributed by atoms with Gasteiger partial charge in [-0.25, -0.2) is 4.98 Å². The number of aliphatic hydroxyl groups excluding tert-OH is 1. The van der Waals surface area contributed by atoms with Gasteiger partial charge < -0.3 is 24.5 Å². The smallest absolute Gasteiger partial charge is 0.257 e. The highest BCUT2D eigenvalue weighted by Crippen LogP contribution is 2.29. The Kier molecular flexibility index (Phi) is 8.31. The molecule has 8 heteroatoms. The van der Waals surface area contributed by atoms with Crippen molar-refractivity contribution in [2.24, 2.45) is 0 Å². The molecule has 2 saturated heterocycles. The average Bonchev–Trinajstić information content (AvgIpc) is 3.36. The lowest BCUT2D eigenvalue weighted by Gasteiger charge is -2.34. The number of amides is 2. The van der Waals surface area contributed by atoms with Gasteiger partial charge >= 0.3 is 0 Å². The summed E-state index contributed by atoms with van der Waals surface area (Å²) >= 11 is 0. The molecule has 0 aliphatic carbocycles. The van der Waals surface area contributed by atoms with Gasteiger partial charge in [0.2, 0.25) is 5.91 Å². The van der Waals surface area contributed by atoms with Gasteiger partial charge in [0.1, 0.15) is 11.6 Å². The third-order valence-electron chi connectivity index (χ3n) is 7.74. The number of pyridine rings is 1. The van der Waals surface area contributed by atoms with Gasteiger partial charge in [-0.05, 0) is 62.4 Å². The van der Waals surface area contributed by atoms with Crippen molar-refractivity contribution in [1.29, 1.82) is 0 Å². The van der Waals surface area contributed by atoms with Crippen molar-refractivity contribution in [2.75, 3.05) is 44.7 Å². The summed E-state index contributed by atoms with van der Waals surface area (Å²) in [6, 6.07) is 15.6. The number of piperidine rings is 1. The molecule has 0 bridgehead atoms. The number of nitrogens with zero attached hydrogens (tertiary/aromatic N) is 4. The van der Waals surface area contributed by atoms with Crippen molar-refractivity contribution in [2.45, 2.75) is 51.7 Å². The number of aromatic nitrogens is 1. The van der Waals surface area contributed by atoms with E-state index in [0.29, 0.717) is 50.3 Å². The Hall–Kier alpha value is -3.65. The molecular weight excluding hydrogens is 492 g/mol. The van der Waals surface area contributed by atoms with Gasteiger partial charge in [-0.3, -0.25) is 9.59 Å². The summed E-state index contributed by atoms with van der Waals surface area (Å²) in [5, 5.41) is 11.4. The minimum Gasteiger partial charge on any atom is -0.496 e. The van der Waals surface area contributed by atoms with Crippen molar-refractivity contribution >= 4 is 28.5 Å². The molecule has 3 heterocycles. The van der Waals surface area contributed by atoms with Crippen LogP contribution in [0.15, 0.2) is 48.5 Å². The fourth-order valence-electron chi connectivity index (χ4n) is 5.69. The lowest BCUT2D eigenvalue weighted by molar-refractivity contribution is -0.127. The Bertz CT molecular complexity index is 1340. The van der Waals surface area contributed by atoms with E-state index in [1.54, 1.807) is 19.2 Å². The number of para-hydroxylation sites is 1. The molecule has 206 valence electrons. The van der Waals surface area contributed by atoms with Gasteiger partial charge in [0, 0.05) is 56.6 Å². The first kappa shape index (κ1) is 26.9. The van der Waals surface area contributed by atoms with Gasteiger partial charge in [-0.1, -0.05) is 24.3 Å². The highest BCUT2D eigenvalue weighted by atomic mass is 16.5. The maximum Gasteiger partial charge on any atom is 0.257 e. The molecule has 1 N–H and O–H groups in total. The van der Waals surface area contributed by atoms with E-state index in [9.17, 15) is 14.7 Å². The SMILES string of the molecule is COc1ccccc1C(=O)N(CCCN1CCCC1=O)Cc1cc2ccc(C)cc2nc1N1CCC[C@H](O)C1. The minimum atomic E-state index is -0.397. The lowest BCUT2D eigenvalue weighted by atomic mass is 10.0. The maximum atomic E-state index is 14.0. The fraction of sp³-hybridized carbons (Fsp3) is 0.452. The molecule has 3 aromatic rings. The first-order valence-electron chi connectivity index (χ1n) is 14.0. The predicted octanol–water partition coefficient (Wildman–Crippen LogP) is 4.17. The van der Waals surface area contributed by atoms with Crippen molar-refractivity contribution in [3.8, 4) is 5.75 Å². The van der Waals surface area contributed by atoms with Crippen molar-refractivity contribution < 1.29 is 19.4 Å². The summed E-state index contributed by atoms with van der Waals surface area (Å²) in [7, 11) is 1.57. The third-order valence-corrected chi connectivity index (χ3v) is 7.74. The van der Waals surface area contributed by atoms with Crippen LogP contribution in [-0.2, 0) is 11.3 Å². The van der Waals surface area contributed by atoms with Gasteiger partial charge in [-0.2, -0.15) is 0 Å². The molecule has 8 nitrogen and oxygen atoms in total. The standard InChI is InChI=1S/C31H38N4O4/c1-22-12-13-23-19-24(30(32-27(23)18-22)34-15-5-8-25(36)21-34)20-35(17-7-16-33-14-6-11-29(33)37)31(38)26-9-3-4-10-28(26)39-2/h3-4,9-10,12-13,18-19,25,36H,5-8,11,14-17,20-21H2,1-2H3/t25-/m0/s1. The molecule has 0 radical (unpaired) electrons. The number of carbonyl (C=O) groups is 2. The first-order chi connectivity index (χ1) is 18.9. The second kappa shape index (κ2) is 12.0. The number of β-amino-alcohol motifs (C(OH)–C–C–N with tert-alkyl or cyclic N) is 1. The number of benzene rings is 2. The predicted molar refractivity (Wildman–Crippen MR) is 152 cm³/mol. The van der Waals surface area contributed by atoms with Crippen LogP contribution in [0.25, 0.3) is 10.9 Å². The monoisotopic (exact) mass is 530 g/mol. The van der Waals surface area contributed by atoms with Crippen molar-refractivity contribution in [1.82, 2.24) is 14.8 Å². The van der Waals surface area contributed by atoms with Crippen LogP contribution < -0.4 is 9.64 Å². The number of hydrogen-bond acceptors (Lipinski definition) is 6. The number of likely N-dealkylation sites (tertiary alicyclic amines) is 1. The summed E-state index contributed by atoms with van der Waals surface area (Å²) < 4.78 is 5.52. The maximum absolute atomic E-state index is 14.0. The van der Waals surface area contributed by atoms with Crippen LogP contribution in [0.4, 0.5) is 5.82 Å². The highest BCUT2D eigenvalue weighted by Gasteiger charge is 2.26. The number of aryl methyl sites for hydroxylation is 1. The van der Waals surface area contributed by atoms with Crippen LogP contribution in [0.2, 0.25) is 0 Å². The molecule has 0 saturated carbocycles. The van der Waals surface area contributed by atoms with Crippen LogP contribution >= 0.6 is 0 Å². The normalized spacial score (nSPS) is 17.6. The van der Waals surface area contributed by atoms with E-state index in [2.05, 4.69) is 36.1 Å². The molecule has 1 atom stereocenters. The zero-order valence-electron chi connectivity index (χ0n) is 22.9. The summed E-state index contributed by atoms with van der Waals surface area (Å²) in [5.41, 5.74) is 3.50. The summed E-state index contributed by atoms with van der Waals surface area (Å²) in [5.74, 6) is 1.43. The molecule has 2 aromatic carbocycles. The molecule has 2 amide bonds. The Labute approximate surface area is 230 Å². The summed E-state index contributed by atoms with van der Waals surface area (Å²) in [4.78, 5) is 37.1. The minimum absolute atomic E-state index is 0.117. The van der Waals surface area contributed by atoms with E-state index in [4.69, 9.17) is 9.72 Å². The molecule has 1 aromatic heterocycles. The fourth-order valence-corrected chi connectivity index (χ4v) is 5.69. The van der Waals surface area contributed by atoms with Gasteiger partial charge in [-0.15, -0.1) is 0 Å². The van der Waals surface area contributed by atoms with E-state index < -0.39 is 6.10 Å². The molecular formula is C31H38N4O4. The van der Waals surface area contributed by atoms with Crippen molar-refractivity contribution in [3.63, 3.8) is 0 Å². The molecule has 39 heavy (non-hydrogen) atoms. The van der Waals surface area contributed by atoms with Gasteiger partial charge in [0.25, 0.3) is 5.91 Å². The highest BCUT2D eigenvalue weighted by molar-refractivity contribution is 5.97. The number of rotatable bonds is 9. The molecule has 0 spiro atoms. The van der Waals surface area contributed by atoms with E-state index >= 15 is 0 Å². The molecule has 5 rings (SSSR count). The zero-order chi connectivity index (χ0) is 27.4. The number of aliphatic hydroxyl groups is 1. The lowest BCUT2D eigenvalue weighted by Crippen LogP contribution is -2.40. The van der Waals surface area contributed by atoms with Crippen LogP contribution in [-0.4, -0.2) is 77.6 Å². The largest absolute Gasteiger partial charge is 0.496 e. The van der Waals surface area contributed by atoms with Crippen LogP contribution in [0.5, 0.6) is 5.75 Å². The van der Waals surface area contributed by atoms with E-state index in [0.717, 1.165) is 60.2 Å². The van der Waals surface area contributed by atoms with Crippen molar-refractivity contribution in [3.05, 3.63) is 65.2 Å². The average molecular weight is 531 g/mol. The molecule has 2 fully saturated rings. The van der Waals surface area contributed by atoms with Crippen LogP contribution in [0.1, 0.15) is 53.6 Å². The summed E-state index contributed by atoms with van der Waals surface area (Å²) in [6.07, 6.45) is 3.47. The van der Waals surface area contributed by atoms with Crippen LogP contribution in [0.3, 0.4) is 0 Å². The Balaban J connectivity index is 1.49. The van der Waals surface area contributed by atoms with E-state index in [1.165, 1.54) is 0 Å². The number of ether oxygens (including phenoxy) is 1. The Morgan fingerprint density at radius 1 is 1.15 bits per heavy atom. The molecule has 2 aliphatic rings. The second-order valence-corrected chi connectivity index (χ2v) is 10.7. The number of methoxy groups -OCH3 is 1. The number of carbonyl (C=O) groups excluding carboxylic acids is 2.